The number of allylic oxidation sites excluding steroid dienone is 1. The first-order valence-electron chi connectivity index (χ1n) is 4.52. The first-order chi connectivity index (χ1) is 7.93. The molecule has 17 heavy (non-hydrogen) atoms. The molecule has 6 heteroatoms. The van der Waals surface area contributed by atoms with Crippen LogP contribution in [0.15, 0.2) is 18.2 Å². The molecule has 0 saturated heterocycles. The van der Waals surface area contributed by atoms with Gasteiger partial charge in [0.15, 0.2) is 0 Å². The molecule has 0 amide bonds. The number of hydrogen-bond donors (Lipinski definition) is 3. The molecule has 1 aliphatic carbocycles. The number of aliphatic carboxylic acids is 1. The third kappa shape index (κ3) is 1.46. The van der Waals surface area contributed by atoms with Crippen LogP contribution in [0.2, 0.25) is 0 Å². The number of carboxylic acid groups (broad SMARTS) is 1. The molecule has 0 fully saturated rings. The molecule has 1 aromatic carbocycles. The van der Waals surface area contributed by atoms with Crippen molar-refractivity contribution in [1.29, 1.82) is 0 Å². The Kier molecular flexibility index (Phi) is 2.20. The number of carboxylic acids is 1. The lowest BCUT2D eigenvalue weighted by Gasteiger charge is -2.15. The van der Waals surface area contributed by atoms with Crippen molar-refractivity contribution in [2.24, 2.45) is 0 Å². The van der Waals surface area contributed by atoms with E-state index in [9.17, 15) is 24.6 Å². The number of Topliss-reactive ketones (excluding diaryl/α,β-unsaturated/α-hetero) is 1. The SMILES string of the molecule is O=C(O)C1=CC(=O)C(=O)c2c(O)ccc(O)c21. The van der Waals surface area contributed by atoms with Gasteiger partial charge in [-0.1, -0.05) is 0 Å². The summed E-state index contributed by atoms with van der Waals surface area (Å²) in [5.41, 5.74) is -1.32. The van der Waals surface area contributed by atoms with Crippen molar-refractivity contribution in [3.05, 3.63) is 29.3 Å². The lowest BCUT2D eigenvalue weighted by Crippen LogP contribution is -2.21. The van der Waals surface area contributed by atoms with E-state index in [1.54, 1.807) is 0 Å². The maximum atomic E-state index is 11.5. The minimum atomic E-state index is -1.46. The molecule has 0 saturated carbocycles. The minimum absolute atomic E-state index is 0.331. The Bertz CT molecular complexity index is 596. The Balaban J connectivity index is 2.86. The summed E-state index contributed by atoms with van der Waals surface area (Å²) in [5, 5.41) is 27.9. The van der Waals surface area contributed by atoms with Crippen molar-refractivity contribution in [3.63, 3.8) is 0 Å². The van der Waals surface area contributed by atoms with Crippen molar-refractivity contribution in [3.8, 4) is 11.5 Å². The molecule has 6 nitrogen and oxygen atoms in total. The molecule has 0 aliphatic heterocycles. The van der Waals surface area contributed by atoms with Crippen LogP contribution in [0, 0.1) is 0 Å². The zero-order valence-electron chi connectivity index (χ0n) is 8.30. The van der Waals surface area contributed by atoms with Crippen LogP contribution in [0.25, 0.3) is 5.57 Å². The number of carbonyl (C=O) groups is 3. The topological polar surface area (TPSA) is 112 Å². The fourth-order valence-corrected chi connectivity index (χ4v) is 1.64. The molecule has 0 aromatic heterocycles. The van der Waals surface area contributed by atoms with Gasteiger partial charge in [0.25, 0.3) is 0 Å². The molecule has 1 aromatic rings. The maximum Gasteiger partial charge on any atom is 0.336 e. The van der Waals surface area contributed by atoms with Crippen LogP contribution in [0.5, 0.6) is 11.5 Å². The molecule has 0 unspecified atom stereocenters. The van der Waals surface area contributed by atoms with Crippen molar-refractivity contribution >= 4 is 23.1 Å². The minimum Gasteiger partial charge on any atom is -0.507 e. The number of phenols is 2. The van der Waals surface area contributed by atoms with Crippen LogP contribution in [0.3, 0.4) is 0 Å². The molecule has 2 rings (SSSR count). The Morgan fingerprint density at radius 3 is 2.06 bits per heavy atom. The van der Waals surface area contributed by atoms with Gasteiger partial charge in [-0.15, -0.1) is 0 Å². The van der Waals surface area contributed by atoms with E-state index in [2.05, 4.69) is 0 Å². The summed E-state index contributed by atoms with van der Waals surface area (Å²) in [5.74, 6) is -4.57. The molecule has 86 valence electrons. The van der Waals surface area contributed by atoms with Crippen molar-refractivity contribution in [2.45, 2.75) is 0 Å². The molecule has 1 aliphatic rings. The van der Waals surface area contributed by atoms with Gasteiger partial charge >= 0.3 is 5.97 Å². The average molecular weight is 234 g/mol. The molecular weight excluding hydrogens is 228 g/mol. The highest BCUT2D eigenvalue weighted by atomic mass is 16.4. The van der Waals surface area contributed by atoms with E-state index in [-0.39, 0.29) is 5.56 Å². The third-order valence-corrected chi connectivity index (χ3v) is 2.39. The summed E-state index contributed by atoms with van der Waals surface area (Å²) in [6, 6.07) is 2.07. The van der Waals surface area contributed by atoms with E-state index in [1.807, 2.05) is 0 Å². The lowest BCUT2D eigenvalue weighted by molar-refractivity contribution is -0.130. The van der Waals surface area contributed by atoms with E-state index < -0.39 is 40.2 Å². The van der Waals surface area contributed by atoms with E-state index in [4.69, 9.17) is 5.11 Å². The molecule has 0 spiro atoms. The summed E-state index contributed by atoms with van der Waals surface area (Å²) < 4.78 is 0. The highest BCUT2D eigenvalue weighted by Crippen LogP contribution is 2.37. The number of benzene rings is 1. The van der Waals surface area contributed by atoms with E-state index >= 15 is 0 Å². The van der Waals surface area contributed by atoms with Gasteiger partial charge in [0.1, 0.15) is 11.5 Å². The number of carbonyl (C=O) groups excluding carboxylic acids is 2. The number of rotatable bonds is 1. The predicted molar refractivity (Wildman–Crippen MR) is 54.7 cm³/mol. The molecule has 0 atom stereocenters. The van der Waals surface area contributed by atoms with Gasteiger partial charge in [0.05, 0.1) is 11.1 Å². The second-order valence-electron chi connectivity index (χ2n) is 3.41. The second-order valence-corrected chi connectivity index (χ2v) is 3.41. The molecule has 0 radical (unpaired) electrons. The number of hydrogen-bond acceptors (Lipinski definition) is 5. The number of fused-ring (bicyclic) bond motifs is 1. The normalized spacial score (nSPS) is 14.2. The zero-order valence-corrected chi connectivity index (χ0v) is 8.30. The standard InChI is InChI=1S/C11H6O6/c12-5-1-2-6(13)9-8(5)4(11(16)17)3-7(14)10(9)15/h1-3,12-13H,(H,16,17). The third-order valence-electron chi connectivity index (χ3n) is 2.39. The number of aromatic hydroxyl groups is 2. The highest BCUT2D eigenvalue weighted by molar-refractivity contribution is 6.53. The molecule has 3 N–H and O–H groups in total. The van der Waals surface area contributed by atoms with Crippen molar-refractivity contribution < 1.29 is 29.7 Å². The molecule has 0 bridgehead atoms. The van der Waals surface area contributed by atoms with Crippen molar-refractivity contribution in [1.82, 2.24) is 0 Å². The first-order valence-corrected chi connectivity index (χ1v) is 4.52. The monoisotopic (exact) mass is 234 g/mol. The number of phenolic OH excluding ortho intramolecular Hbond substituents is 2. The van der Waals surface area contributed by atoms with Gasteiger partial charge in [-0.2, -0.15) is 0 Å². The second kappa shape index (κ2) is 3.44. The number of ketones is 2. The highest BCUT2D eigenvalue weighted by Gasteiger charge is 2.33. The Morgan fingerprint density at radius 2 is 1.53 bits per heavy atom. The molecular formula is C11H6O6. The van der Waals surface area contributed by atoms with Gasteiger partial charge in [0.2, 0.25) is 11.6 Å². The van der Waals surface area contributed by atoms with Crippen LogP contribution < -0.4 is 0 Å². The summed E-state index contributed by atoms with van der Waals surface area (Å²) >= 11 is 0. The summed E-state index contributed by atoms with van der Waals surface area (Å²) in [7, 11) is 0. The van der Waals surface area contributed by atoms with Gasteiger partial charge in [-0.25, -0.2) is 4.79 Å². The van der Waals surface area contributed by atoms with E-state index in [0.29, 0.717) is 6.08 Å². The summed E-state index contributed by atoms with van der Waals surface area (Å²) in [4.78, 5) is 33.7. The van der Waals surface area contributed by atoms with Gasteiger partial charge < -0.3 is 15.3 Å². The van der Waals surface area contributed by atoms with Gasteiger partial charge in [0, 0.05) is 11.6 Å². The maximum absolute atomic E-state index is 11.5. The lowest BCUT2D eigenvalue weighted by atomic mass is 9.88. The van der Waals surface area contributed by atoms with E-state index in [0.717, 1.165) is 12.1 Å². The quantitative estimate of drug-likeness (QED) is 0.477. The fraction of sp³-hybridized carbons (Fsp3) is 0. The smallest absolute Gasteiger partial charge is 0.336 e. The average Bonchev–Trinajstić information content (AvgIpc) is 2.26. The fourth-order valence-electron chi connectivity index (χ4n) is 1.64. The van der Waals surface area contributed by atoms with Crippen LogP contribution in [0.1, 0.15) is 15.9 Å². The van der Waals surface area contributed by atoms with Gasteiger partial charge in [-0.3, -0.25) is 9.59 Å². The van der Waals surface area contributed by atoms with Crippen LogP contribution in [-0.2, 0) is 9.59 Å². The Morgan fingerprint density at radius 1 is 1.00 bits per heavy atom. The van der Waals surface area contributed by atoms with Crippen LogP contribution in [0.4, 0.5) is 0 Å². The zero-order chi connectivity index (χ0) is 12.7. The van der Waals surface area contributed by atoms with Crippen molar-refractivity contribution in [2.75, 3.05) is 0 Å². The summed E-state index contributed by atoms with van der Waals surface area (Å²) in [6.07, 6.45) is 0.631. The Labute approximate surface area is 94.4 Å². The van der Waals surface area contributed by atoms with Gasteiger partial charge in [-0.05, 0) is 12.1 Å². The molecule has 0 heterocycles. The predicted octanol–water partition coefficient (Wildman–Crippen LogP) is 0.331. The van der Waals surface area contributed by atoms with Crippen LogP contribution in [-0.4, -0.2) is 32.9 Å². The summed E-state index contributed by atoms with van der Waals surface area (Å²) in [6.45, 7) is 0. The van der Waals surface area contributed by atoms with Crippen LogP contribution >= 0.6 is 0 Å². The Hall–Kier alpha value is -2.63. The largest absolute Gasteiger partial charge is 0.507 e. The van der Waals surface area contributed by atoms with E-state index in [1.165, 1.54) is 0 Å². The first kappa shape index (κ1) is 10.9.